The van der Waals surface area contributed by atoms with Crippen LogP contribution in [-0.2, 0) is 6.54 Å². The van der Waals surface area contributed by atoms with Crippen LogP contribution in [0.15, 0.2) is 40.7 Å². The summed E-state index contributed by atoms with van der Waals surface area (Å²) in [5.74, 6) is 0.261. The zero-order chi connectivity index (χ0) is 19.2. The number of phenolic OH excluding ortho intramolecular Hbond substituents is 1. The Balaban J connectivity index is 1.57. The van der Waals surface area contributed by atoms with Crippen LogP contribution in [0.4, 0.5) is 4.39 Å². The van der Waals surface area contributed by atoms with Gasteiger partial charge in [0, 0.05) is 31.1 Å². The first-order valence-electron chi connectivity index (χ1n) is 9.24. The van der Waals surface area contributed by atoms with Crippen LogP contribution in [0.3, 0.4) is 0 Å². The highest BCUT2D eigenvalue weighted by atomic mass is 32.1. The summed E-state index contributed by atoms with van der Waals surface area (Å²) in [4.78, 5) is 8.12. The van der Waals surface area contributed by atoms with Crippen molar-refractivity contribution in [3.05, 3.63) is 52.0 Å². The highest BCUT2D eigenvalue weighted by molar-refractivity contribution is 7.10. The zero-order valence-corrected chi connectivity index (χ0v) is 16.6. The second-order valence-corrected chi connectivity index (χ2v) is 7.91. The number of hydrogen-bond donors (Lipinski definition) is 3. The number of likely N-dealkylation sites (tertiary alicyclic amines) is 1. The number of thiophene rings is 1. The molecular weight excluding hydrogens is 363 g/mol. The molecule has 0 radical (unpaired) electrons. The summed E-state index contributed by atoms with van der Waals surface area (Å²) in [7, 11) is 3.93. The Morgan fingerprint density at radius 2 is 2.22 bits per heavy atom. The van der Waals surface area contributed by atoms with E-state index >= 15 is 0 Å². The fraction of sp³-hybridized carbons (Fsp3) is 0.450. The maximum absolute atomic E-state index is 13.5. The summed E-state index contributed by atoms with van der Waals surface area (Å²) in [5.41, 5.74) is 0.752. The Morgan fingerprint density at radius 1 is 1.37 bits per heavy atom. The second kappa shape index (κ2) is 9.19. The molecule has 1 aliphatic rings. The predicted octanol–water partition coefficient (Wildman–Crippen LogP) is 3.34. The summed E-state index contributed by atoms with van der Waals surface area (Å²) < 4.78 is 13.5. The van der Waals surface area contributed by atoms with Gasteiger partial charge in [0.1, 0.15) is 0 Å². The van der Waals surface area contributed by atoms with E-state index < -0.39 is 5.82 Å². The first kappa shape index (κ1) is 19.6. The van der Waals surface area contributed by atoms with Crippen LogP contribution in [0.2, 0.25) is 0 Å². The number of piperidine rings is 1. The fourth-order valence-corrected chi connectivity index (χ4v) is 4.66. The van der Waals surface area contributed by atoms with Crippen LogP contribution >= 0.6 is 11.3 Å². The minimum absolute atomic E-state index is 0.331. The summed E-state index contributed by atoms with van der Waals surface area (Å²) in [6, 6.07) is 9.16. The van der Waals surface area contributed by atoms with Crippen molar-refractivity contribution in [2.75, 3.05) is 27.2 Å². The number of halogens is 1. The van der Waals surface area contributed by atoms with Gasteiger partial charge in [0.25, 0.3) is 0 Å². The third kappa shape index (κ3) is 4.99. The van der Waals surface area contributed by atoms with Gasteiger partial charge in [-0.05, 0) is 61.5 Å². The number of benzene rings is 1. The Morgan fingerprint density at radius 3 is 2.93 bits per heavy atom. The predicted molar refractivity (Wildman–Crippen MR) is 109 cm³/mol. The molecular formula is C20H27FN4OS. The highest BCUT2D eigenvalue weighted by Crippen LogP contribution is 2.36. The maximum Gasteiger partial charge on any atom is 0.191 e. The van der Waals surface area contributed by atoms with Crippen molar-refractivity contribution >= 4 is 17.3 Å². The molecule has 1 fully saturated rings. The number of guanidine groups is 1. The first-order chi connectivity index (χ1) is 13.1. The normalized spacial score (nSPS) is 21.2. The number of aliphatic imine (C=N–C) groups is 1. The molecule has 2 aromatic rings. The fourth-order valence-electron chi connectivity index (χ4n) is 3.68. The van der Waals surface area contributed by atoms with E-state index in [2.05, 4.69) is 45.1 Å². The SMILES string of the molecule is CN=C(NCc1ccc(O)c(F)c1)NCC1CCCN(C)C1c1cccs1. The summed E-state index contributed by atoms with van der Waals surface area (Å²) in [6.07, 6.45) is 2.38. The molecule has 0 spiro atoms. The number of aromatic hydroxyl groups is 1. The Kier molecular flexibility index (Phi) is 6.68. The van der Waals surface area contributed by atoms with Gasteiger partial charge in [0.2, 0.25) is 0 Å². The lowest BCUT2D eigenvalue weighted by atomic mass is 9.88. The van der Waals surface area contributed by atoms with E-state index in [1.54, 1.807) is 13.1 Å². The van der Waals surface area contributed by atoms with Gasteiger partial charge < -0.3 is 15.7 Å². The molecule has 7 heteroatoms. The Bertz CT molecular complexity index is 765. The molecule has 1 aromatic heterocycles. The zero-order valence-electron chi connectivity index (χ0n) is 15.8. The summed E-state index contributed by atoms with van der Waals surface area (Å²) in [6.45, 7) is 2.39. The highest BCUT2D eigenvalue weighted by Gasteiger charge is 2.31. The lowest BCUT2D eigenvalue weighted by molar-refractivity contribution is 0.125. The number of nitrogens with zero attached hydrogens (tertiary/aromatic N) is 2. The molecule has 27 heavy (non-hydrogen) atoms. The van der Waals surface area contributed by atoms with E-state index in [9.17, 15) is 9.50 Å². The van der Waals surface area contributed by atoms with Gasteiger partial charge in [-0.25, -0.2) is 4.39 Å². The van der Waals surface area contributed by atoms with E-state index in [0.717, 1.165) is 18.7 Å². The molecule has 0 saturated carbocycles. The van der Waals surface area contributed by atoms with Crippen molar-refractivity contribution < 1.29 is 9.50 Å². The molecule has 5 nitrogen and oxygen atoms in total. The van der Waals surface area contributed by atoms with Crippen molar-refractivity contribution in [3.8, 4) is 5.75 Å². The van der Waals surface area contributed by atoms with Gasteiger partial charge in [-0.2, -0.15) is 0 Å². The van der Waals surface area contributed by atoms with Gasteiger partial charge in [-0.1, -0.05) is 12.1 Å². The molecule has 1 aliphatic heterocycles. The van der Waals surface area contributed by atoms with Gasteiger partial charge in [0.15, 0.2) is 17.5 Å². The lowest BCUT2D eigenvalue weighted by Crippen LogP contribution is -2.44. The number of rotatable bonds is 5. The Labute approximate surface area is 163 Å². The van der Waals surface area contributed by atoms with Gasteiger partial charge in [-0.15, -0.1) is 11.3 Å². The maximum atomic E-state index is 13.5. The largest absolute Gasteiger partial charge is 0.505 e. The van der Waals surface area contributed by atoms with Crippen molar-refractivity contribution in [1.29, 1.82) is 0 Å². The second-order valence-electron chi connectivity index (χ2n) is 6.94. The number of nitrogens with one attached hydrogen (secondary N) is 2. The van der Waals surface area contributed by atoms with Crippen LogP contribution in [0.5, 0.6) is 5.75 Å². The van der Waals surface area contributed by atoms with Gasteiger partial charge >= 0.3 is 0 Å². The monoisotopic (exact) mass is 390 g/mol. The quantitative estimate of drug-likeness (QED) is 0.541. The molecule has 1 saturated heterocycles. The standard InChI is InChI=1S/C20H27FN4OS/c1-22-20(23-12-14-7-8-17(26)16(21)11-14)24-13-15-5-3-9-25(2)19(15)18-6-4-10-27-18/h4,6-8,10-11,15,19,26H,3,5,9,12-13H2,1-2H3,(H2,22,23,24). The molecule has 2 heterocycles. The van der Waals surface area contributed by atoms with Crippen LogP contribution in [-0.4, -0.2) is 43.2 Å². The summed E-state index contributed by atoms with van der Waals surface area (Å²) >= 11 is 1.82. The lowest BCUT2D eigenvalue weighted by Gasteiger charge is -2.39. The average molecular weight is 391 g/mol. The molecule has 2 unspecified atom stereocenters. The third-order valence-corrected chi connectivity index (χ3v) is 6.01. The summed E-state index contributed by atoms with van der Waals surface area (Å²) in [5, 5.41) is 18.1. The first-order valence-corrected chi connectivity index (χ1v) is 10.1. The van der Waals surface area contributed by atoms with E-state index in [4.69, 9.17) is 0 Å². The van der Waals surface area contributed by atoms with Crippen molar-refractivity contribution in [1.82, 2.24) is 15.5 Å². The van der Waals surface area contributed by atoms with Crippen LogP contribution < -0.4 is 10.6 Å². The van der Waals surface area contributed by atoms with Gasteiger partial charge in [-0.3, -0.25) is 9.89 Å². The third-order valence-electron chi connectivity index (χ3n) is 5.07. The molecule has 0 aliphatic carbocycles. The van der Waals surface area contributed by atoms with E-state index in [1.807, 2.05) is 11.3 Å². The molecule has 3 rings (SSSR count). The van der Waals surface area contributed by atoms with Crippen LogP contribution in [0, 0.1) is 11.7 Å². The molecule has 0 amide bonds. The smallest absolute Gasteiger partial charge is 0.191 e. The van der Waals surface area contributed by atoms with Crippen LogP contribution in [0.25, 0.3) is 0 Å². The van der Waals surface area contributed by atoms with Crippen molar-refractivity contribution in [3.63, 3.8) is 0 Å². The Hall–Kier alpha value is -2.12. The molecule has 2 atom stereocenters. The van der Waals surface area contributed by atoms with Gasteiger partial charge in [0.05, 0.1) is 0 Å². The van der Waals surface area contributed by atoms with Crippen molar-refractivity contribution in [2.45, 2.75) is 25.4 Å². The number of hydrogen-bond acceptors (Lipinski definition) is 4. The minimum Gasteiger partial charge on any atom is -0.505 e. The van der Waals surface area contributed by atoms with E-state index in [-0.39, 0.29) is 5.75 Å². The van der Waals surface area contributed by atoms with E-state index in [0.29, 0.717) is 24.5 Å². The topological polar surface area (TPSA) is 59.9 Å². The number of phenols is 1. The molecule has 146 valence electrons. The van der Waals surface area contributed by atoms with Crippen LogP contribution in [0.1, 0.15) is 29.3 Å². The van der Waals surface area contributed by atoms with E-state index in [1.165, 1.54) is 29.9 Å². The molecule has 0 bridgehead atoms. The molecule has 1 aromatic carbocycles. The minimum atomic E-state index is -0.610. The molecule has 3 N–H and O–H groups in total. The van der Waals surface area contributed by atoms with Crippen molar-refractivity contribution in [2.24, 2.45) is 10.9 Å². The average Bonchev–Trinajstić information content (AvgIpc) is 3.19.